The summed E-state index contributed by atoms with van der Waals surface area (Å²) in [6.45, 7) is 0. The second kappa shape index (κ2) is 7.79. The predicted octanol–water partition coefficient (Wildman–Crippen LogP) is 10.1. The summed E-state index contributed by atoms with van der Waals surface area (Å²) in [4.78, 5) is 5.08. The molecule has 3 nitrogen and oxygen atoms in total. The zero-order valence-electron chi connectivity index (χ0n) is 20.8. The number of thiophene rings is 1. The van der Waals surface area contributed by atoms with Crippen molar-refractivity contribution in [3.8, 4) is 16.8 Å². The molecule has 4 heteroatoms. The van der Waals surface area contributed by atoms with Crippen molar-refractivity contribution < 1.29 is 4.42 Å². The first-order valence-corrected chi connectivity index (χ1v) is 13.9. The smallest absolute Gasteiger partial charge is 0.159 e. The highest BCUT2D eigenvalue weighted by Crippen LogP contribution is 2.42. The zero-order valence-corrected chi connectivity index (χ0v) is 21.6. The second-order valence-corrected chi connectivity index (χ2v) is 11.1. The first-order chi connectivity index (χ1) is 19.3. The van der Waals surface area contributed by atoms with E-state index in [2.05, 4.69) is 102 Å². The molecule has 0 radical (unpaired) electrons. The monoisotopic (exact) mass is 516 g/mol. The third-order valence-corrected chi connectivity index (χ3v) is 8.96. The lowest BCUT2D eigenvalue weighted by Crippen LogP contribution is -1.95. The average molecular weight is 517 g/mol. The van der Waals surface area contributed by atoms with E-state index < -0.39 is 0 Å². The fourth-order valence-electron chi connectivity index (χ4n) is 6.05. The van der Waals surface area contributed by atoms with Crippen molar-refractivity contribution in [3.05, 3.63) is 121 Å². The molecular weight excluding hydrogens is 496 g/mol. The molecular formula is C35H20N2OS. The van der Waals surface area contributed by atoms with Gasteiger partial charge in [-0.3, -0.25) is 4.98 Å². The maximum atomic E-state index is 6.52. The van der Waals surface area contributed by atoms with Crippen molar-refractivity contribution in [2.24, 2.45) is 0 Å². The Morgan fingerprint density at radius 1 is 0.564 bits per heavy atom. The Morgan fingerprint density at radius 2 is 1.36 bits per heavy atom. The molecule has 182 valence electrons. The lowest BCUT2D eigenvalue weighted by Gasteiger charge is -2.09. The van der Waals surface area contributed by atoms with Gasteiger partial charge in [0.1, 0.15) is 5.58 Å². The number of rotatable bonds is 2. The minimum Gasteiger partial charge on any atom is -0.454 e. The van der Waals surface area contributed by atoms with Crippen LogP contribution in [0, 0.1) is 0 Å². The van der Waals surface area contributed by atoms with Gasteiger partial charge in [0.05, 0.1) is 22.2 Å². The van der Waals surface area contributed by atoms with Crippen molar-refractivity contribution in [1.82, 2.24) is 9.55 Å². The van der Waals surface area contributed by atoms with Gasteiger partial charge >= 0.3 is 0 Å². The van der Waals surface area contributed by atoms with Gasteiger partial charge in [-0.2, -0.15) is 0 Å². The average Bonchev–Trinajstić information content (AvgIpc) is 3.65. The van der Waals surface area contributed by atoms with E-state index in [4.69, 9.17) is 9.40 Å². The van der Waals surface area contributed by atoms with Gasteiger partial charge in [-0.15, -0.1) is 11.3 Å². The van der Waals surface area contributed by atoms with Crippen molar-refractivity contribution in [2.45, 2.75) is 0 Å². The number of hydrogen-bond donors (Lipinski definition) is 0. The molecule has 0 saturated carbocycles. The quantitative estimate of drug-likeness (QED) is 0.229. The number of fused-ring (bicyclic) bond motifs is 9. The van der Waals surface area contributed by atoms with Crippen LogP contribution in [-0.4, -0.2) is 9.55 Å². The second-order valence-electron chi connectivity index (χ2n) is 10.0. The van der Waals surface area contributed by atoms with Crippen molar-refractivity contribution >= 4 is 75.4 Å². The molecule has 0 amide bonds. The minimum absolute atomic E-state index is 0.888. The Kier molecular flexibility index (Phi) is 4.21. The van der Waals surface area contributed by atoms with Crippen molar-refractivity contribution in [1.29, 1.82) is 0 Å². The molecule has 39 heavy (non-hydrogen) atoms. The highest BCUT2D eigenvalue weighted by Gasteiger charge is 2.20. The van der Waals surface area contributed by atoms with Gasteiger partial charge in [-0.25, -0.2) is 0 Å². The van der Waals surface area contributed by atoms with Crippen LogP contribution in [0.5, 0.6) is 0 Å². The molecule has 0 aliphatic carbocycles. The molecule has 0 N–H and O–H groups in total. The third kappa shape index (κ3) is 2.95. The summed E-state index contributed by atoms with van der Waals surface area (Å²) < 4.78 is 11.4. The largest absolute Gasteiger partial charge is 0.454 e. The highest BCUT2D eigenvalue weighted by molar-refractivity contribution is 7.25. The van der Waals surface area contributed by atoms with Gasteiger partial charge < -0.3 is 8.98 Å². The minimum atomic E-state index is 0.888. The summed E-state index contributed by atoms with van der Waals surface area (Å²) in [6.07, 6.45) is 2.00. The topological polar surface area (TPSA) is 31.0 Å². The van der Waals surface area contributed by atoms with E-state index in [9.17, 15) is 0 Å². The van der Waals surface area contributed by atoms with E-state index in [1.807, 2.05) is 35.7 Å². The normalized spacial score (nSPS) is 12.1. The van der Waals surface area contributed by atoms with E-state index in [0.717, 1.165) is 60.7 Å². The van der Waals surface area contributed by atoms with Crippen LogP contribution >= 0.6 is 11.3 Å². The Labute approximate surface area is 227 Å². The Hall–Kier alpha value is -4.93. The summed E-state index contributed by atoms with van der Waals surface area (Å²) in [7, 11) is 0. The molecule has 9 rings (SSSR count). The molecule has 9 aromatic rings. The summed E-state index contributed by atoms with van der Waals surface area (Å²) in [5, 5.41) is 5.96. The van der Waals surface area contributed by atoms with E-state index in [0.29, 0.717) is 0 Å². The Morgan fingerprint density at radius 3 is 2.28 bits per heavy atom. The maximum Gasteiger partial charge on any atom is 0.159 e. The van der Waals surface area contributed by atoms with Gasteiger partial charge in [-0.1, -0.05) is 78.9 Å². The molecule has 0 atom stereocenters. The van der Waals surface area contributed by atoms with Gasteiger partial charge in [0.25, 0.3) is 0 Å². The van der Waals surface area contributed by atoms with Crippen LogP contribution in [0.4, 0.5) is 0 Å². The summed E-state index contributed by atoms with van der Waals surface area (Å²) in [5.74, 6) is 0. The number of hydrogen-bond acceptors (Lipinski definition) is 3. The number of furan rings is 1. The molecule has 5 aromatic carbocycles. The van der Waals surface area contributed by atoms with Crippen LogP contribution < -0.4 is 0 Å². The van der Waals surface area contributed by atoms with Gasteiger partial charge in [0.15, 0.2) is 5.58 Å². The van der Waals surface area contributed by atoms with Crippen molar-refractivity contribution in [3.63, 3.8) is 0 Å². The molecule has 0 fully saturated rings. The molecule has 0 bridgehead atoms. The van der Waals surface area contributed by atoms with Gasteiger partial charge in [-0.05, 0) is 42.0 Å². The molecule has 0 saturated heterocycles. The third-order valence-electron chi connectivity index (χ3n) is 7.83. The molecule has 0 aliphatic heterocycles. The SMILES string of the molecule is c1ccc(-c2cnc3c4cc5c(cc4n(-c4cccc6c4oc4ccccc46)c3c2)sc2ccccc25)cc1. The van der Waals surface area contributed by atoms with E-state index >= 15 is 0 Å². The fraction of sp³-hybridized carbons (Fsp3) is 0. The number of pyridine rings is 1. The van der Waals surface area contributed by atoms with Crippen LogP contribution in [0.25, 0.3) is 80.9 Å². The number of nitrogens with zero attached hydrogens (tertiary/aromatic N) is 2. The molecule has 0 aliphatic rings. The zero-order chi connectivity index (χ0) is 25.5. The van der Waals surface area contributed by atoms with E-state index in [1.165, 1.54) is 20.2 Å². The highest BCUT2D eigenvalue weighted by atomic mass is 32.1. The van der Waals surface area contributed by atoms with Crippen molar-refractivity contribution in [2.75, 3.05) is 0 Å². The van der Waals surface area contributed by atoms with E-state index in [1.54, 1.807) is 0 Å². The molecule has 4 heterocycles. The first-order valence-electron chi connectivity index (χ1n) is 13.0. The predicted molar refractivity (Wildman–Crippen MR) is 164 cm³/mol. The van der Waals surface area contributed by atoms with Gasteiger partial charge in [0, 0.05) is 48.1 Å². The molecule has 4 aromatic heterocycles. The van der Waals surface area contributed by atoms with Crippen LogP contribution in [0.3, 0.4) is 0 Å². The van der Waals surface area contributed by atoms with Crippen LogP contribution in [0.2, 0.25) is 0 Å². The van der Waals surface area contributed by atoms with Crippen LogP contribution in [-0.2, 0) is 0 Å². The summed E-state index contributed by atoms with van der Waals surface area (Å²) >= 11 is 1.84. The summed E-state index contributed by atoms with van der Waals surface area (Å²) in [5.41, 5.74) is 8.26. The lowest BCUT2D eigenvalue weighted by atomic mass is 10.1. The number of aromatic nitrogens is 2. The molecule has 0 spiro atoms. The number of benzene rings is 5. The summed E-state index contributed by atoms with van der Waals surface area (Å²) in [6, 6.07) is 40.8. The first kappa shape index (κ1) is 21.1. The van der Waals surface area contributed by atoms with Gasteiger partial charge in [0.2, 0.25) is 0 Å². The Bertz CT molecular complexity index is 2390. The van der Waals surface area contributed by atoms with Crippen LogP contribution in [0.1, 0.15) is 0 Å². The standard InChI is InChI=1S/C35H20N2OS/c1-2-9-21(10-3-1)22-17-30-34(36-20-22)27-18-26-24-12-5-7-16-32(24)39-33(26)19-29(27)37(30)28-14-8-13-25-23-11-4-6-15-31(23)38-35(25)28/h1-20H. The Balaban J connectivity index is 1.46. The van der Waals surface area contributed by atoms with E-state index in [-0.39, 0.29) is 0 Å². The maximum absolute atomic E-state index is 6.52. The number of para-hydroxylation sites is 2. The fourth-order valence-corrected chi connectivity index (χ4v) is 7.17. The molecule has 0 unspecified atom stereocenters. The van der Waals surface area contributed by atoms with Crippen LogP contribution in [0.15, 0.2) is 126 Å². The lowest BCUT2D eigenvalue weighted by molar-refractivity contribution is 0.666.